The Hall–Kier alpha value is -2.08. The Morgan fingerprint density at radius 3 is 2.67 bits per heavy atom. The normalized spacial score (nSPS) is 15.7. The molecular formula is C18H25N5S. The number of rotatable bonds is 3. The number of aliphatic imine (C=N–C) groups is 1. The molecule has 2 heterocycles. The molecule has 1 saturated heterocycles. The molecule has 1 fully saturated rings. The lowest BCUT2D eigenvalue weighted by atomic mass is 10.2. The van der Waals surface area contributed by atoms with Gasteiger partial charge in [0, 0.05) is 50.0 Å². The van der Waals surface area contributed by atoms with Crippen molar-refractivity contribution >= 4 is 23.0 Å². The van der Waals surface area contributed by atoms with E-state index in [2.05, 4.69) is 63.2 Å². The lowest BCUT2D eigenvalue weighted by molar-refractivity contribution is 0.372. The van der Waals surface area contributed by atoms with Crippen LogP contribution in [0.1, 0.15) is 15.4 Å². The molecule has 0 atom stereocenters. The van der Waals surface area contributed by atoms with Gasteiger partial charge in [0.2, 0.25) is 0 Å². The van der Waals surface area contributed by atoms with Crippen molar-refractivity contribution in [1.82, 2.24) is 15.2 Å². The SMILES string of the molecule is CN=C(NCc1ncc(C)s1)N1CCN(c2cccc(C)c2)CC1. The van der Waals surface area contributed by atoms with Crippen LogP contribution in [0, 0.1) is 13.8 Å². The molecule has 24 heavy (non-hydrogen) atoms. The molecule has 1 aromatic carbocycles. The summed E-state index contributed by atoms with van der Waals surface area (Å²) in [7, 11) is 1.85. The molecule has 2 aromatic rings. The molecule has 1 N–H and O–H groups in total. The minimum absolute atomic E-state index is 0.739. The van der Waals surface area contributed by atoms with E-state index >= 15 is 0 Å². The third kappa shape index (κ3) is 4.06. The van der Waals surface area contributed by atoms with Crippen molar-refractivity contribution in [2.24, 2.45) is 4.99 Å². The van der Waals surface area contributed by atoms with E-state index in [9.17, 15) is 0 Å². The number of anilines is 1. The molecule has 0 unspecified atom stereocenters. The van der Waals surface area contributed by atoms with E-state index in [0.717, 1.165) is 43.7 Å². The highest BCUT2D eigenvalue weighted by atomic mass is 32.1. The lowest BCUT2D eigenvalue weighted by Gasteiger charge is -2.37. The van der Waals surface area contributed by atoms with Crippen molar-refractivity contribution in [2.45, 2.75) is 20.4 Å². The number of aryl methyl sites for hydroxylation is 2. The first kappa shape index (κ1) is 16.8. The molecular weight excluding hydrogens is 318 g/mol. The maximum absolute atomic E-state index is 4.44. The van der Waals surface area contributed by atoms with E-state index in [1.807, 2.05) is 13.2 Å². The van der Waals surface area contributed by atoms with Gasteiger partial charge in [-0.15, -0.1) is 11.3 Å². The van der Waals surface area contributed by atoms with Crippen molar-refractivity contribution in [2.75, 3.05) is 38.1 Å². The molecule has 0 amide bonds. The lowest BCUT2D eigenvalue weighted by Crippen LogP contribution is -2.52. The zero-order valence-corrected chi connectivity index (χ0v) is 15.4. The summed E-state index contributed by atoms with van der Waals surface area (Å²) in [4.78, 5) is 14.9. The predicted molar refractivity (Wildman–Crippen MR) is 102 cm³/mol. The fourth-order valence-corrected chi connectivity index (χ4v) is 3.70. The van der Waals surface area contributed by atoms with Gasteiger partial charge in [0.25, 0.3) is 0 Å². The number of guanidine groups is 1. The number of aromatic nitrogens is 1. The van der Waals surface area contributed by atoms with Crippen LogP contribution in [0.4, 0.5) is 5.69 Å². The molecule has 3 rings (SSSR count). The highest BCUT2D eigenvalue weighted by molar-refractivity contribution is 7.11. The average Bonchev–Trinajstić information content (AvgIpc) is 3.01. The molecule has 6 heteroatoms. The molecule has 0 saturated carbocycles. The average molecular weight is 344 g/mol. The van der Waals surface area contributed by atoms with E-state index in [4.69, 9.17) is 0 Å². The highest BCUT2D eigenvalue weighted by Gasteiger charge is 2.20. The Morgan fingerprint density at radius 1 is 1.25 bits per heavy atom. The first-order valence-corrected chi connectivity index (χ1v) is 9.16. The van der Waals surface area contributed by atoms with Crippen LogP contribution >= 0.6 is 11.3 Å². The van der Waals surface area contributed by atoms with Crippen molar-refractivity contribution in [3.8, 4) is 0 Å². The molecule has 0 bridgehead atoms. The van der Waals surface area contributed by atoms with Gasteiger partial charge in [-0.1, -0.05) is 12.1 Å². The molecule has 1 aliphatic rings. The molecule has 0 aliphatic carbocycles. The van der Waals surface area contributed by atoms with Gasteiger partial charge in [-0.3, -0.25) is 4.99 Å². The fraction of sp³-hybridized carbons (Fsp3) is 0.444. The Bertz CT molecular complexity index is 701. The highest BCUT2D eigenvalue weighted by Crippen LogP contribution is 2.18. The number of thiazole rings is 1. The summed E-state index contributed by atoms with van der Waals surface area (Å²) < 4.78 is 0. The van der Waals surface area contributed by atoms with Gasteiger partial charge < -0.3 is 15.1 Å². The van der Waals surface area contributed by atoms with Crippen LogP contribution in [0.15, 0.2) is 35.5 Å². The third-order valence-corrected chi connectivity index (χ3v) is 5.14. The van der Waals surface area contributed by atoms with E-state index in [0.29, 0.717) is 0 Å². The third-order valence-electron chi connectivity index (χ3n) is 4.22. The van der Waals surface area contributed by atoms with Crippen LogP contribution < -0.4 is 10.2 Å². The maximum atomic E-state index is 4.44. The van der Waals surface area contributed by atoms with Crippen molar-refractivity contribution < 1.29 is 0 Å². The smallest absolute Gasteiger partial charge is 0.194 e. The summed E-state index contributed by atoms with van der Waals surface area (Å²) in [5, 5.41) is 4.54. The fourth-order valence-electron chi connectivity index (χ4n) is 2.97. The standard InChI is InChI=1S/C18H25N5S/c1-14-5-4-6-16(11-14)22-7-9-23(10-8-22)18(19-3)21-13-17-20-12-15(2)24-17/h4-6,11-12H,7-10,13H2,1-3H3,(H,19,21). The number of nitrogens with one attached hydrogen (secondary N) is 1. The summed E-state index contributed by atoms with van der Waals surface area (Å²) in [6.45, 7) is 8.95. The number of nitrogens with zero attached hydrogens (tertiary/aromatic N) is 4. The van der Waals surface area contributed by atoms with Crippen LogP contribution in [0.2, 0.25) is 0 Å². The first-order chi connectivity index (χ1) is 11.7. The van der Waals surface area contributed by atoms with Crippen molar-refractivity contribution in [3.63, 3.8) is 0 Å². The monoisotopic (exact) mass is 343 g/mol. The Kier molecular flexibility index (Phi) is 5.35. The van der Waals surface area contributed by atoms with Crippen LogP contribution in [0.3, 0.4) is 0 Å². The quantitative estimate of drug-likeness (QED) is 0.687. The molecule has 1 aliphatic heterocycles. The van der Waals surface area contributed by atoms with E-state index < -0.39 is 0 Å². The van der Waals surface area contributed by atoms with Gasteiger partial charge in [-0.25, -0.2) is 4.98 Å². The predicted octanol–water partition coefficient (Wildman–Crippen LogP) is 2.66. The van der Waals surface area contributed by atoms with Crippen LogP contribution in [0.25, 0.3) is 0 Å². The second-order valence-corrected chi connectivity index (χ2v) is 7.40. The zero-order valence-electron chi connectivity index (χ0n) is 14.6. The molecule has 0 spiro atoms. The van der Waals surface area contributed by atoms with Gasteiger partial charge in [-0.05, 0) is 31.5 Å². The van der Waals surface area contributed by atoms with E-state index in [1.54, 1.807) is 11.3 Å². The number of piperazine rings is 1. The molecule has 5 nitrogen and oxygen atoms in total. The minimum Gasteiger partial charge on any atom is -0.368 e. The first-order valence-electron chi connectivity index (χ1n) is 8.34. The van der Waals surface area contributed by atoms with Crippen LogP contribution in [-0.2, 0) is 6.54 Å². The van der Waals surface area contributed by atoms with Gasteiger partial charge in [0.1, 0.15) is 5.01 Å². The summed E-state index contributed by atoms with van der Waals surface area (Å²) in [6, 6.07) is 8.73. The van der Waals surface area contributed by atoms with Crippen LogP contribution in [0.5, 0.6) is 0 Å². The van der Waals surface area contributed by atoms with Gasteiger partial charge in [0.05, 0.1) is 6.54 Å². The molecule has 128 valence electrons. The molecule has 0 radical (unpaired) electrons. The topological polar surface area (TPSA) is 43.8 Å². The van der Waals surface area contributed by atoms with Crippen LogP contribution in [-0.4, -0.2) is 49.1 Å². The summed E-state index contributed by atoms with van der Waals surface area (Å²) >= 11 is 1.73. The number of benzene rings is 1. The summed E-state index contributed by atoms with van der Waals surface area (Å²) in [5.41, 5.74) is 2.63. The Morgan fingerprint density at radius 2 is 2.04 bits per heavy atom. The Balaban J connectivity index is 1.54. The van der Waals surface area contributed by atoms with Gasteiger partial charge in [-0.2, -0.15) is 0 Å². The number of hydrogen-bond donors (Lipinski definition) is 1. The number of hydrogen-bond acceptors (Lipinski definition) is 4. The van der Waals surface area contributed by atoms with E-state index in [-0.39, 0.29) is 0 Å². The summed E-state index contributed by atoms with van der Waals surface area (Å²) in [6.07, 6.45) is 1.92. The summed E-state index contributed by atoms with van der Waals surface area (Å²) in [5.74, 6) is 0.965. The second kappa shape index (κ2) is 7.66. The minimum atomic E-state index is 0.739. The second-order valence-electron chi connectivity index (χ2n) is 6.08. The van der Waals surface area contributed by atoms with Crippen molar-refractivity contribution in [1.29, 1.82) is 0 Å². The van der Waals surface area contributed by atoms with E-state index in [1.165, 1.54) is 16.1 Å². The van der Waals surface area contributed by atoms with Gasteiger partial charge >= 0.3 is 0 Å². The zero-order chi connectivity index (χ0) is 16.9. The Labute approximate surface area is 148 Å². The van der Waals surface area contributed by atoms with Gasteiger partial charge in [0.15, 0.2) is 5.96 Å². The maximum Gasteiger partial charge on any atom is 0.194 e. The largest absolute Gasteiger partial charge is 0.368 e. The van der Waals surface area contributed by atoms with Crippen molar-refractivity contribution in [3.05, 3.63) is 45.9 Å². The molecule has 1 aromatic heterocycles.